The average molecular weight is 393 g/mol. The topological polar surface area (TPSA) is 91.0 Å². The first-order chi connectivity index (χ1) is 13.9. The molecular weight excluding hydrogens is 370 g/mol. The van der Waals surface area contributed by atoms with Gasteiger partial charge in [0.1, 0.15) is 11.4 Å². The van der Waals surface area contributed by atoms with Gasteiger partial charge in [-0.05, 0) is 38.8 Å². The number of carbonyl (C=O) groups is 2. The third-order valence-electron chi connectivity index (χ3n) is 5.04. The lowest BCUT2D eigenvalue weighted by Gasteiger charge is -2.09. The highest BCUT2D eigenvalue weighted by atomic mass is 16.5. The van der Waals surface area contributed by atoms with Crippen molar-refractivity contribution in [2.75, 3.05) is 11.9 Å². The normalized spacial score (nSPS) is 13.3. The Morgan fingerprint density at radius 2 is 1.90 bits per heavy atom. The van der Waals surface area contributed by atoms with Crippen molar-refractivity contribution in [3.05, 3.63) is 59.0 Å². The van der Waals surface area contributed by atoms with Gasteiger partial charge in [0.2, 0.25) is 0 Å². The number of nitrogens with zero attached hydrogens (tertiary/aromatic N) is 4. The van der Waals surface area contributed by atoms with E-state index in [1.54, 1.807) is 30.3 Å². The molecule has 0 bridgehead atoms. The smallest absolute Gasteiger partial charge is 0.342 e. The monoisotopic (exact) mass is 393 g/mol. The highest BCUT2D eigenvalue weighted by Crippen LogP contribution is 2.40. The molecule has 0 atom stereocenters. The molecule has 150 valence electrons. The number of rotatable bonds is 6. The van der Waals surface area contributed by atoms with Gasteiger partial charge in [-0.1, -0.05) is 18.2 Å². The molecule has 2 heterocycles. The molecule has 0 saturated heterocycles. The van der Waals surface area contributed by atoms with Gasteiger partial charge in [0.15, 0.2) is 6.61 Å². The van der Waals surface area contributed by atoms with Crippen molar-refractivity contribution >= 4 is 17.7 Å². The number of aryl methyl sites for hydroxylation is 2. The molecule has 1 fully saturated rings. The Labute approximate surface area is 168 Å². The molecule has 1 amide bonds. The molecule has 1 aromatic carbocycles. The van der Waals surface area contributed by atoms with Crippen LogP contribution < -0.4 is 5.32 Å². The van der Waals surface area contributed by atoms with Crippen molar-refractivity contribution in [1.82, 2.24) is 19.6 Å². The van der Waals surface area contributed by atoms with Crippen LogP contribution in [0.3, 0.4) is 0 Å². The number of aromatic nitrogens is 4. The minimum absolute atomic E-state index is 0.384. The van der Waals surface area contributed by atoms with Crippen molar-refractivity contribution < 1.29 is 14.3 Å². The zero-order chi connectivity index (χ0) is 20.5. The van der Waals surface area contributed by atoms with Crippen LogP contribution in [0, 0.1) is 13.8 Å². The number of hydrogen-bond acceptors (Lipinski definition) is 5. The Balaban J connectivity index is 1.46. The minimum Gasteiger partial charge on any atom is -0.452 e. The number of amides is 1. The second-order valence-corrected chi connectivity index (χ2v) is 7.27. The van der Waals surface area contributed by atoms with Crippen LogP contribution in [-0.4, -0.2) is 38.0 Å². The van der Waals surface area contributed by atoms with Gasteiger partial charge >= 0.3 is 5.97 Å². The molecule has 1 N–H and O–H groups in total. The second kappa shape index (κ2) is 7.54. The third-order valence-corrected chi connectivity index (χ3v) is 5.04. The molecule has 8 heteroatoms. The lowest BCUT2D eigenvalue weighted by Crippen LogP contribution is -2.22. The molecule has 3 aromatic rings. The summed E-state index contributed by atoms with van der Waals surface area (Å²) in [6.07, 6.45) is 2.22. The highest BCUT2D eigenvalue weighted by molar-refractivity contribution is 5.96. The maximum absolute atomic E-state index is 12.5. The fourth-order valence-corrected chi connectivity index (χ4v) is 3.28. The van der Waals surface area contributed by atoms with Gasteiger partial charge in [-0.2, -0.15) is 10.2 Å². The van der Waals surface area contributed by atoms with Crippen molar-refractivity contribution in [1.29, 1.82) is 0 Å². The maximum atomic E-state index is 12.5. The van der Waals surface area contributed by atoms with Crippen LogP contribution in [0.2, 0.25) is 0 Å². The summed E-state index contributed by atoms with van der Waals surface area (Å²) in [6, 6.07) is 11.5. The van der Waals surface area contributed by atoms with E-state index in [2.05, 4.69) is 15.5 Å². The maximum Gasteiger partial charge on any atom is 0.342 e. The van der Waals surface area contributed by atoms with Crippen LogP contribution in [0.15, 0.2) is 36.4 Å². The molecule has 0 radical (unpaired) electrons. The molecule has 1 saturated carbocycles. The summed E-state index contributed by atoms with van der Waals surface area (Å²) >= 11 is 0. The Morgan fingerprint density at radius 3 is 2.52 bits per heavy atom. The molecule has 0 unspecified atom stereocenters. The van der Waals surface area contributed by atoms with Crippen LogP contribution in [0.4, 0.5) is 5.82 Å². The van der Waals surface area contributed by atoms with Crippen molar-refractivity contribution in [2.24, 2.45) is 7.05 Å². The number of nitrogens with one attached hydrogen (secondary N) is 1. The summed E-state index contributed by atoms with van der Waals surface area (Å²) in [6.45, 7) is 3.14. The first-order valence-electron chi connectivity index (χ1n) is 9.56. The fraction of sp³-hybridized carbons (Fsp3) is 0.333. The zero-order valence-electron chi connectivity index (χ0n) is 16.7. The number of ether oxygens (including phenoxy) is 1. The van der Waals surface area contributed by atoms with Gasteiger partial charge in [-0.15, -0.1) is 0 Å². The van der Waals surface area contributed by atoms with Crippen LogP contribution in [-0.2, 0) is 16.6 Å². The van der Waals surface area contributed by atoms with E-state index in [-0.39, 0.29) is 6.61 Å². The van der Waals surface area contributed by atoms with Crippen molar-refractivity contribution in [3.8, 4) is 5.69 Å². The number of hydrogen-bond donors (Lipinski definition) is 1. The lowest BCUT2D eigenvalue weighted by atomic mass is 10.2. The zero-order valence-corrected chi connectivity index (χ0v) is 16.7. The van der Waals surface area contributed by atoms with Gasteiger partial charge in [0.05, 0.1) is 17.1 Å². The van der Waals surface area contributed by atoms with Gasteiger partial charge in [0, 0.05) is 24.7 Å². The molecule has 2 aromatic heterocycles. The average Bonchev–Trinajstić information content (AvgIpc) is 3.42. The van der Waals surface area contributed by atoms with E-state index in [1.165, 1.54) is 0 Å². The summed E-state index contributed by atoms with van der Waals surface area (Å²) in [5, 5.41) is 11.7. The van der Waals surface area contributed by atoms with E-state index in [9.17, 15) is 9.59 Å². The van der Waals surface area contributed by atoms with E-state index in [1.807, 2.05) is 36.4 Å². The molecule has 1 aliphatic carbocycles. The van der Waals surface area contributed by atoms with Crippen LogP contribution in [0.1, 0.15) is 46.2 Å². The number of esters is 1. The molecule has 29 heavy (non-hydrogen) atoms. The van der Waals surface area contributed by atoms with E-state index >= 15 is 0 Å². The summed E-state index contributed by atoms with van der Waals surface area (Å²) in [5.41, 5.74) is 3.48. The standard InChI is InChI=1S/C21H23N5O3/c1-13-20(14(2)25(3)23-13)21(28)29-12-19(27)22-18-11-17(15-9-10-15)24-26(18)16-7-5-4-6-8-16/h4-8,11,15H,9-10,12H2,1-3H3,(H,22,27). The first-order valence-corrected chi connectivity index (χ1v) is 9.56. The van der Waals surface area contributed by atoms with E-state index < -0.39 is 11.9 Å². The number of anilines is 1. The summed E-state index contributed by atoms with van der Waals surface area (Å²) in [7, 11) is 1.76. The summed E-state index contributed by atoms with van der Waals surface area (Å²) in [5.74, 6) is 0.0355. The van der Waals surface area contributed by atoms with E-state index in [0.717, 1.165) is 24.2 Å². The second-order valence-electron chi connectivity index (χ2n) is 7.27. The molecule has 1 aliphatic rings. The van der Waals surface area contributed by atoms with Gasteiger partial charge in [-0.25, -0.2) is 9.48 Å². The Morgan fingerprint density at radius 1 is 1.17 bits per heavy atom. The third kappa shape index (κ3) is 3.91. The SMILES string of the molecule is Cc1nn(C)c(C)c1C(=O)OCC(=O)Nc1cc(C2CC2)nn1-c1ccccc1. The number of benzene rings is 1. The Hall–Kier alpha value is -3.42. The molecule has 8 nitrogen and oxygen atoms in total. The van der Waals surface area contributed by atoms with Gasteiger partial charge < -0.3 is 10.1 Å². The predicted octanol–water partition coefficient (Wildman–Crippen LogP) is 2.90. The number of para-hydroxylation sites is 1. The fourth-order valence-electron chi connectivity index (χ4n) is 3.28. The molecule has 4 rings (SSSR count). The largest absolute Gasteiger partial charge is 0.452 e. The molecule has 0 aliphatic heterocycles. The number of carbonyl (C=O) groups excluding carboxylic acids is 2. The Kier molecular flexibility index (Phi) is 4.92. The minimum atomic E-state index is -0.557. The van der Waals surface area contributed by atoms with Gasteiger partial charge in [0.25, 0.3) is 5.91 Å². The molecule has 0 spiro atoms. The van der Waals surface area contributed by atoms with E-state index in [0.29, 0.717) is 28.7 Å². The molecular formula is C21H23N5O3. The summed E-state index contributed by atoms with van der Waals surface area (Å²) in [4.78, 5) is 24.8. The van der Waals surface area contributed by atoms with Crippen LogP contribution >= 0.6 is 0 Å². The quantitative estimate of drug-likeness (QED) is 0.650. The lowest BCUT2D eigenvalue weighted by molar-refractivity contribution is -0.119. The predicted molar refractivity (Wildman–Crippen MR) is 107 cm³/mol. The highest BCUT2D eigenvalue weighted by Gasteiger charge is 2.28. The first kappa shape index (κ1) is 18.9. The van der Waals surface area contributed by atoms with Crippen molar-refractivity contribution in [3.63, 3.8) is 0 Å². The summed E-state index contributed by atoms with van der Waals surface area (Å²) < 4.78 is 8.54. The van der Waals surface area contributed by atoms with Gasteiger partial charge in [-0.3, -0.25) is 9.48 Å². The van der Waals surface area contributed by atoms with Crippen molar-refractivity contribution in [2.45, 2.75) is 32.6 Å². The van der Waals surface area contributed by atoms with Crippen LogP contribution in [0.5, 0.6) is 0 Å². The van der Waals surface area contributed by atoms with E-state index in [4.69, 9.17) is 4.74 Å². The Bertz CT molecular complexity index is 1060. The van der Waals surface area contributed by atoms with Crippen LogP contribution in [0.25, 0.3) is 5.69 Å².